The first kappa shape index (κ1) is 15.3. The lowest BCUT2D eigenvalue weighted by molar-refractivity contribution is -0.111. The number of hydrogen-bond donors (Lipinski definition) is 1. The number of aryl methyl sites for hydroxylation is 3. The molecule has 1 heterocycles. The maximum Gasteiger partial charge on any atom is 0.250 e. The van der Waals surface area contributed by atoms with Gasteiger partial charge in [-0.1, -0.05) is 0 Å². The van der Waals surface area contributed by atoms with Gasteiger partial charge in [0.2, 0.25) is 5.91 Å². The molecule has 0 radical (unpaired) electrons. The number of aromatic nitrogens is 1. The van der Waals surface area contributed by atoms with Crippen LogP contribution >= 0.6 is 11.3 Å². The number of methoxy groups -OCH3 is 1. The van der Waals surface area contributed by atoms with Crippen molar-refractivity contribution in [2.75, 3.05) is 12.4 Å². The summed E-state index contributed by atoms with van der Waals surface area (Å²) < 4.78 is 5.23. The molecule has 0 saturated heterocycles. The van der Waals surface area contributed by atoms with Gasteiger partial charge in [-0.2, -0.15) is 0 Å². The Bertz CT molecular complexity index is 666. The van der Waals surface area contributed by atoms with E-state index in [-0.39, 0.29) is 5.91 Å². The van der Waals surface area contributed by atoms with Crippen molar-refractivity contribution in [3.63, 3.8) is 0 Å². The van der Waals surface area contributed by atoms with Gasteiger partial charge in [0.05, 0.1) is 7.11 Å². The van der Waals surface area contributed by atoms with Crippen LogP contribution in [0.1, 0.15) is 21.6 Å². The van der Waals surface area contributed by atoms with Crippen molar-refractivity contribution in [3.8, 4) is 5.75 Å². The highest BCUT2D eigenvalue weighted by Crippen LogP contribution is 2.23. The van der Waals surface area contributed by atoms with E-state index in [2.05, 4.69) is 10.3 Å². The van der Waals surface area contributed by atoms with E-state index in [1.54, 1.807) is 13.3 Å². The number of nitrogens with one attached hydrogen (secondary N) is 1. The molecule has 0 atom stereocenters. The second-order valence-corrected chi connectivity index (χ2v) is 6.01. The zero-order valence-corrected chi connectivity index (χ0v) is 13.4. The molecule has 1 N–H and O–H groups in total. The molecule has 0 spiro atoms. The standard InChI is InChI=1S/C16H18N2O2S/c1-10-7-13(20-4)8-11(2)14(10)5-6-15(19)18-16-17-9-12(3)21-16/h5-9H,1-4H3,(H,17,18,19)/b6-5+. The maximum absolute atomic E-state index is 11.9. The van der Waals surface area contributed by atoms with Crippen LogP contribution in [0.3, 0.4) is 0 Å². The zero-order valence-electron chi connectivity index (χ0n) is 12.6. The lowest BCUT2D eigenvalue weighted by Crippen LogP contribution is -2.07. The number of carbonyl (C=O) groups excluding carboxylic acids is 1. The summed E-state index contributed by atoms with van der Waals surface area (Å²) in [6.07, 6.45) is 5.08. The van der Waals surface area contributed by atoms with E-state index >= 15 is 0 Å². The highest BCUT2D eigenvalue weighted by atomic mass is 32.1. The van der Waals surface area contributed by atoms with Gasteiger partial charge in [-0.15, -0.1) is 11.3 Å². The van der Waals surface area contributed by atoms with Crippen LogP contribution in [0.15, 0.2) is 24.4 Å². The van der Waals surface area contributed by atoms with Crippen LogP contribution in [-0.2, 0) is 4.79 Å². The molecule has 1 aromatic heterocycles. The van der Waals surface area contributed by atoms with Gasteiger partial charge in [-0.3, -0.25) is 10.1 Å². The highest BCUT2D eigenvalue weighted by Gasteiger charge is 2.05. The van der Waals surface area contributed by atoms with Gasteiger partial charge in [-0.05, 0) is 55.7 Å². The Kier molecular flexibility index (Phi) is 4.75. The molecule has 0 aliphatic carbocycles. The van der Waals surface area contributed by atoms with Crippen LogP contribution in [-0.4, -0.2) is 18.0 Å². The van der Waals surface area contributed by atoms with Crippen molar-refractivity contribution < 1.29 is 9.53 Å². The van der Waals surface area contributed by atoms with E-state index in [4.69, 9.17) is 4.74 Å². The topological polar surface area (TPSA) is 51.2 Å². The largest absolute Gasteiger partial charge is 0.497 e. The Morgan fingerprint density at radius 1 is 1.29 bits per heavy atom. The molecule has 21 heavy (non-hydrogen) atoms. The van der Waals surface area contributed by atoms with Crippen molar-refractivity contribution in [1.29, 1.82) is 0 Å². The molecule has 4 nitrogen and oxygen atoms in total. The Hall–Kier alpha value is -2.14. The number of amides is 1. The van der Waals surface area contributed by atoms with Crippen molar-refractivity contribution in [2.45, 2.75) is 20.8 Å². The van der Waals surface area contributed by atoms with Gasteiger partial charge in [0.25, 0.3) is 0 Å². The summed E-state index contributed by atoms with van der Waals surface area (Å²) >= 11 is 1.46. The Labute approximate surface area is 128 Å². The van der Waals surface area contributed by atoms with Crippen molar-refractivity contribution in [1.82, 2.24) is 4.98 Å². The Morgan fingerprint density at radius 2 is 1.95 bits per heavy atom. The molecule has 0 aliphatic heterocycles. The van der Waals surface area contributed by atoms with Crippen LogP contribution in [0.25, 0.3) is 6.08 Å². The fourth-order valence-corrected chi connectivity index (χ4v) is 2.70. The molecular formula is C16H18N2O2S. The van der Waals surface area contributed by atoms with E-state index in [0.717, 1.165) is 27.3 Å². The van der Waals surface area contributed by atoms with E-state index in [1.807, 2.05) is 39.0 Å². The number of benzene rings is 1. The number of nitrogens with zero attached hydrogens (tertiary/aromatic N) is 1. The first-order valence-corrected chi connectivity index (χ1v) is 7.38. The molecule has 0 unspecified atom stereocenters. The molecule has 0 aliphatic rings. The van der Waals surface area contributed by atoms with Crippen LogP contribution in [0.5, 0.6) is 5.75 Å². The summed E-state index contributed by atoms with van der Waals surface area (Å²) in [5, 5.41) is 3.37. The first-order valence-electron chi connectivity index (χ1n) is 6.56. The second-order valence-electron chi connectivity index (χ2n) is 4.77. The van der Waals surface area contributed by atoms with E-state index < -0.39 is 0 Å². The van der Waals surface area contributed by atoms with E-state index in [1.165, 1.54) is 17.4 Å². The summed E-state index contributed by atoms with van der Waals surface area (Å²) in [6, 6.07) is 3.91. The van der Waals surface area contributed by atoms with Gasteiger partial charge in [0.15, 0.2) is 5.13 Å². The molecule has 5 heteroatoms. The molecule has 110 valence electrons. The van der Waals surface area contributed by atoms with Crippen LogP contribution in [0, 0.1) is 20.8 Å². The number of ether oxygens (including phenoxy) is 1. The highest BCUT2D eigenvalue weighted by molar-refractivity contribution is 7.15. The summed E-state index contributed by atoms with van der Waals surface area (Å²) in [4.78, 5) is 17.1. The third-order valence-electron chi connectivity index (χ3n) is 3.06. The predicted octanol–water partition coefficient (Wildman–Crippen LogP) is 3.73. The summed E-state index contributed by atoms with van der Waals surface area (Å²) in [5.41, 5.74) is 3.17. The molecule has 1 aromatic carbocycles. The third kappa shape index (κ3) is 3.92. The lowest BCUT2D eigenvalue weighted by Gasteiger charge is -2.08. The number of anilines is 1. The molecular weight excluding hydrogens is 284 g/mol. The normalized spacial score (nSPS) is 10.9. The molecule has 2 aromatic rings. The molecule has 0 bridgehead atoms. The minimum atomic E-state index is -0.182. The molecule has 0 saturated carbocycles. The van der Waals surface area contributed by atoms with Crippen molar-refractivity contribution in [3.05, 3.63) is 46.0 Å². The first-order chi connectivity index (χ1) is 9.99. The number of rotatable bonds is 4. The van der Waals surface area contributed by atoms with Crippen LogP contribution in [0.4, 0.5) is 5.13 Å². The Morgan fingerprint density at radius 3 is 2.48 bits per heavy atom. The number of thiazole rings is 1. The molecule has 0 fully saturated rings. The summed E-state index contributed by atoms with van der Waals surface area (Å²) in [5.74, 6) is 0.642. The van der Waals surface area contributed by atoms with E-state index in [0.29, 0.717) is 5.13 Å². The predicted molar refractivity (Wildman–Crippen MR) is 87.0 cm³/mol. The van der Waals surface area contributed by atoms with Crippen LogP contribution < -0.4 is 10.1 Å². The van der Waals surface area contributed by atoms with Gasteiger partial charge in [0, 0.05) is 17.2 Å². The van der Waals surface area contributed by atoms with E-state index in [9.17, 15) is 4.79 Å². The second kappa shape index (κ2) is 6.54. The van der Waals surface area contributed by atoms with Gasteiger partial charge < -0.3 is 4.74 Å². The van der Waals surface area contributed by atoms with Crippen molar-refractivity contribution >= 4 is 28.5 Å². The zero-order chi connectivity index (χ0) is 15.4. The average molecular weight is 302 g/mol. The summed E-state index contributed by atoms with van der Waals surface area (Å²) in [6.45, 7) is 5.95. The maximum atomic E-state index is 11.9. The SMILES string of the molecule is COc1cc(C)c(/C=C/C(=O)Nc2ncc(C)s2)c(C)c1. The third-order valence-corrected chi connectivity index (χ3v) is 3.88. The monoisotopic (exact) mass is 302 g/mol. The van der Waals surface area contributed by atoms with Crippen LogP contribution in [0.2, 0.25) is 0 Å². The lowest BCUT2D eigenvalue weighted by atomic mass is 10.0. The van der Waals surface area contributed by atoms with Crippen molar-refractivity contribution in [2.24, 2.45) is 0 Å². The number of hydrogen-bond acceptors (Lipinski definition) is 4. The fourth-order valence-electron chi connectivity index (χ4n) is 2.03. The molecule has 2 rings (SSSR count). The minimum absolute atomic E-state index is 0.182. The van der Waals surface area contributed by atoms with Gasteiger partial charge in [0.1, 0.15) is 5.75 Å². The smallest absolute Gasteiger partial charge is 0.250 e. The molecule has 1 amide bonds. The van der Waals surface area contributed by atoms with Gasteiger partial charge >= 0.3 is 0 Å². The van der Waals surface area contributed by atoms with Gasteiger partial charge in [-0.25, -0.2) is 4.98 Å². The summed E-state index contributed by atoms with van der Waals surface area (Å²) in [7, 11) is 1.65. The quantitative estimate of drug-likeness (QED) is 0.876. The fraction of sp³-hybridized carbons (Fsp3) is 0.250. The minimum Gasteiger partial charge on any atom is -0.497 e. The number of carbonyl (C=O) groups is 1. The Balaban J connectivity index is 2.12. The average Bonchev–Trinajstić information content (AvgIpc) is 2.82.